The third-order valence-electron chi connectivity index (χ3n) is 3.67. The van der Waals surface area contributed by atoms with Gasteiger partial charge in [-0.05, 0) is 76.3 Å². The zero-order valence-electron chi connectivity index (χ0n) is 15.2. The van der Waals surface area contributed by atoms with Gasteiger partial charge in [0.05, 0.1) is 26.3 Å². The van der Waals surface area contributed by atoms with Gasteiger partial charge in [0.2, 0.25) is 0 Å². The Labute approximate surface area is 199 Å². The minimum atomic E-state index is -1.09. The average molecular weight is 579 g/mol. The Bertz CT molecular complexity index is 1090. The first kappa shape index (κ1) is 22.7. The summed E-state index contributed by atoms with van der Waals surface area (Å²) < 4.78 is 11.2. The second-order valence-corrected chi connectivity index (χ2v) is 8.83. The zero-order valence-corrected chi connectivity index (χ0v) is 19.7. The molecule has 1 aliphatic rings. The van der Waals surface area contributed by atoms with E-state index >= 15 is 0 Å². The maximum Gasteiger partial charge on any atom is 0.341 e. The summed E-state index contributed by atoms with van der Waals surface area (Å²) in [5.41, 5.74) is 1.13. The summed E-state index contributed by atoms with van der Waals surface area (Å²) in [6.45, 7) is -0.489. The Hall–Kier alpha value is -1.95. The van der Waals surface area contributed by atoms with Crippen LogP contribution in [-0.4, -0.2) is 35.9 Å². The number of carboxylic acids is 1. The van der Waals surface area contributed by atoms with Crippen LogP contribution < -0.4 is 14.8 Å². The molecule has 1 saturated heterocycles. The first-order valence-corrected chi connectivity index (χ1v) is 10.9. The molecule has 0 bridgehead atoms. The molecule has 1 aliphatic heterocycles. The van der Waals surface area contributed by atoms with Crippen molar-refractivity contribution in [2.45, 2.75) is 0 Å². The SMILES string of the molecule is COc1cc(/C=C2/SC(=Nc3cc(Cl)ccc3Cl)NC2=O)cc(I)c1OCC(=O)O. The number of amides is 1. The number of carbonyl (C=O) groups excluding carboxylic acids is 1. The highest BCUT2D eigenvalue weighted by Crippen LogP contribution is 2.36. The molecule has 0 aromatic heterocycles. The molecule has 0 atom stereocenters. The molecule has 0 radical (unpaired) electrons. The summed E-state index contributed by atoms with van der Waals surface area (Å²) >= 11 is 15.3. The van der Waals surface area contributed by atoms with Crippen molar-refractivity contribution in [3.63, 3.8) is 0 Å². The van der Waals surface area contributed by atoms with Gasteiger partial charge in [-0.25, -0.2) is 9.79 Å². The Morgan fingerprint density at radius 1 is 1.33 bits per heavy atom. The van der Waals surface area contributed by atoms with Crippen LogP contribution in [0.5, 0.6) is 11.5 Å². The van der Waals surface area contributed by atoms with Crippen LogP contribution in [0.15, 0.2) is 40.2 Å². The molecule has 2 N–H and O–H groups in total. The number of carbonyl (C=O) groups is 2. The summed E-state index contributed by atoms with van der Waals surface area (Å²) in [6.07, 6.45) is 1.67. The number of ether oxygens (including phenoxy) is 2. The number of carboxylic acid groups (broad SMARTS) is 1. The predicted octanol–water partition coefficient (Wildman–Crippen LogP) is 4.96. The number of aliphatic carboxylic acids is 1. The lowest BCUT2D eigenvalue weighted by atomic mass is 10.2. The number of thioether (sulfide) groups is 1. The minimum absolute atomic E-state index is 0.308. The van der Waals surface area contributed by atoms with Crippen LogP contribution in [0, 0.1) is 3.57 Å². The molecule has 0 unspecified atom stereocenters. The molecule has 1 heterocycles. The number of amidine groups is 1. The molecule has 3 rings (SSSR count). The van der Waals surface area contributed by atoms with E-state index in [9.17, 15) is 9.59 Å². The second-order valence-electron chi connectivity index (χ2n) is 5.79. The minimum Gasteiger partial charge on any atom is -0.493 e. The molecule has 30 heavy (non-hydrogen) atoms. The summed E-state index contributed by atoms with van der Waals surface area (Å²) in [5, 5.41) is 12.8. The van der Waals surface area contributed by atoms with Gasteiger partial charge >= 0.3 is 5.97 Å². The highest BCUT2D eigenvalue weighted by atomic mass is 127. The van der Waals surface area contributed by atoms with Gasteiger partial charge in [-0.3, -0.25) is 4.79 Å². The van der Waals surface area contributed by atoms with E-state index in [4.69, 9.17) is 37.8 Å². The molecular weight excluding hydrogens is 566 g/mol. The smallest absolute Gasteiger partial charge is 0.341 e. The van der Waals surface area contributed by atoms with E-state index in [2.05, 4.69) is 10.3 Å². The number of hydrogen-bond donors (Lipinski definition) is 2. The van der Waals surface area contributed by atoms with Gasteiger partial charge in [-0.1, -0.05) is 23.2 Å². The van der Waals surface area contributed by atoms with Crippen molar-refractivity contribution in [3.05, 3.63) is 54.4 Å². The van der Waals surface area contributed by atoms with E-state index < -0.39 is 12.6 Å². The van der Waals surface area contributed by atoms with Crippen LogP contribution in [-0.2, 0) is 9.59 Å². The molecule has 1 amide bonds. The van der Waals surface area contributed by atoms with E-state index in [0.717, 1.165) is 11.8 Å². The number of nitrogens with zero attached hydrogens (tertiary/aromatic N) is 1. The van der Waals surface area contributed by atoms with Gasteiger partial charge in [0.15, 0.2) is 23.3 Å². The number of hydrogen-bond acceptors (Lipinski definition) is 6. The summed E-state index contributed by atoms with van der Waals surface area (Å²) in [6, 6.07) is 8.30. The maximum absolute atomic E-state index is 12.4. The molecule has 7 nitrogen and oxygen atoms in total. The van der Waals surface area contributed by atoms with Crippen LogP contribution in [0.1, 0.15) is 5.56 Å². The van der Waals surface area contributed by atoms with Gasteiger partial charge in [0, 0.05) is 5.02 Å². The number of halogens is 3. The van der Waals surface area contributed by atoms with E-state index in [1.165, 1.54) is 7.11 Å². The van der Waals surface area contributed by atoms with Gasteiger partial charge in [0.1, 0.15) is 0 Å². The largest absolute Gasteiger partial charge is 0.493 e. The Morgan fingerprint density at radius 2 is 2.10 bits per heavy atom. The summed E-state index contributed by atoms with van der Waals surface area (Å²) in [5.74, 6) is -0.719. The number of aliphatic imine (C=N–C) groups is 1. The standard InChI is InChI=1S/C19H13Cl2IN2O5S/c1-28-14-5-9(4-12(22)17(14)29-8-16(25)26)6-15-18(27)24-19(30-15)23-13-7-10(20)2-3-11(13)21/h2-7H,8H2,1H3,(H,25,26)(H,23,24,27)/b15-6+. The molecule has 0 spiro atoms. The molecular formula is C19H13Cl2IN2O5S. The maximum atomic E-state index is 12.4. The summed E-state index contributed by atoms with van der Waals surface area (Å²) in [4.78, 5) is 27.9. The number of methoxy groups -OCH3 is 1. The fraction of sp³-hybridized carbons (Fsp3) is 0.105. The lowest BCUT2D eigenvalue weighted by Gasteiger charge is -2.12. The molecule has 0 saturated carbocycles. The second kappa shape index (κ2) is 9.90. The summed E-state index contributed by atoms with van der Waals surface area (Å²) in [7, 11) is 1.45. The van der Waals surface area contributed by atoms with Gasteiger partial charge in [0.25, 0.3) is 5.91 Å². The average Bonchev–Trinajstić information content (AvgIpc) is 3.02. The van der Waals surface area contributed by atoms with Crippen LogP contribution in [0.3, 0.4) is 0 Å². The molecule has 156 valence electrons. The van der Waals surface area contributed by atoms with Crippen LogP contribution >= 0.6 is 57.6 Å². The number of rotatable bonds is 6. The highest BCUT2D eigenvalue weighted by Gasteiger charge is 2.24. The molecule has 2 aromatic rings. The fourth-order valence-corrected chi connectivity index (χ4v) is 4.35. The van der Waals surface area contributed by atoms with Gasteiger partial charge in [-0.2, -0.15) is 0 Å². The predicted molar refractivity (Wildman–Crippen MR) is 126 cm³/mol. The molecule has 0 aliphatic carbocycles. The van der Waals surface area contributed by atoms with Gasteiger partial charge < -0.3 is 19.9 Å². The van der Waals surface area contributed by atoms with E-state index in [0.29, 0.717) is 46.4 Å². The van der Waals surface area contributed by atoms with Crippen molar-refractivity contribution in [3.8, 4) is 11.5 Å². The van der Waals surface area contributed by atoms with Gasteiger partial charge in [-0.15, -0.1) is 0 Å². The lowest BCUT2D eigenvalue weighted by Crippen LogP contribution is -2.19. The third-order valence-corrected chi connectivity index (χ3v) is 5.94. The van der Waals surface area contributed by atoms with Crippen molar-refractivity contribution in [1.29, 1.82) is 0 Å². The fourth-order valence-electron chi connectivity index (χ4n) is 2.41. The van der Waals surface area contributed by atoms with Crippen molar-refractivity contribution >= 4 is 86.4 Å². The van der Waals surface area contributed by atoms with Crippen molar-refractivity contribution in [2.24, 2.45) is 4.99 Å². The topological polar surface area (TPSA) is 97.2 Å². The molecule has 2 aromatic carbocycles. The molecule has 11 heteroatoms. The monoisotopic (exact) mass is 578 g/mol. The lowest BCUT2D eigenvalue weighted by molar-refractivity contribution is -0.139. The van der Waals surface area contributed by atoms with Crippen molar-refractivity contribution in [1.82, 2.24) is 5.32 Å². The van der Waals surface area contributed by atoms with Crippen LogP contribution in [0.25, 0.3) is 6.08 Å². The number of benzene rings is 2. The Balaban J connectivity index is 1.87. The van der Waals surface area contributed by atoms with Crippen LogP contribution in [0.4, 0.5) is 5.69 Å². The van der Waals surface area contributed by atoms with Crippen molar-refractivity contribution in [2.75, 3.05) is 13.7 Å². The first-order chi connectivity index (χ1) is 14.3. The Kier molecular flexibility index (Phi) is 7.50. The van der Waals surface area contributed by atoms with E-state index in [-0.39, 0.29) is 5.91 Å². The van der Waals surface area contributed by atoms with E-state index in [1.807, 2.05) is 22.6 Å². The highest BCUT2D eigenvalue weighted by molar-refractivity contribution is 14.1. The first-order valence-electron chi connectivity index (χ1n) is 8.23. The Morgan fingerprint density at radius 3 is 2.80 bits per heavy atom. The van der Waals surface area contributed by atoms with E-state index in [1.54, 1.807) is 36.4 Å². The number of nitrogens with one attached hydrogen (secondary N) is 1. The third kappa shape index (κ3) is 5.60. The normalized spacial score (nSPS) is 16.1. The van der Waals surface area contributed by atoms with Crippen molar-refractivity contribution < 1.29 is 24.2 Å². The molecule has 1 fully saturated rings. The van der Waals surface area contributed by atoms with Crippen LogP contribution in [0.2, 0.25) is 10.0 Å². The zero-order chi connectivity index (χ0) is 21.8. The quantitative estimate of drug-likeness (QED) is 0.371.